The van der Waals surface area contributed by atoms with Crippen molar-refractivity contribution >= 4 is 17.4 Å². The number of hydrogen-bond acceptors (Lipinski definition) is 3. The summed E-state index contributed by atoms with van der Waals surface area (Å²) in [5, 5.41) is 4.71. The molecule has 0 aliphatic rings. The molecule has 3 nitrogen and oxygen atoms in total. The number of aryl methyl sites for hydroxylation is 1. The quantitative estimate of drug-likeness (QED) is 0.800. The fraction of sp³-hybridized carbons (Fsp3) is 0.316. The number of rotatable bonds is 6. The van der Waals surface area contributed by atoms with Crippen LogP contribution in [0.2, 0.25) is 0 Å². The molecule has 23 heavy (non-hydrogen) atoms. The predicted octanol–water partition coefficient (Wildman–Crippen LogP) is 4.37. The lowest BCUT2D eigenvalue weighted by Gasteiger charge is -2.04. The van der Waals surface area contributed by atoms with Crippen molar-refractivity contribution in [1.82, 2.24) is 5.32 Å². The average Bonchev–Trinajstić information content (AvgIpc) is 3.03. The third-order valence-corrected chi connectivity index (χ3v) is 4.15. The molecule has 120 valence electrons. The Balaban J connectivity index is 1.73. The molecule has 0 aliphatic carbocycles. The summed E-state index contributed by atoms with van der Waals surface area (Å²) in [5.74, 6) is 6.11. The zero-order chi connectivity index (χ0) is 16.3. The molecule has 0 saturated heterocycles. The molecule has 0 atom stereocenters. The number of thiophene rings is 1. The summed E-state index contributed by atoms with van der Waals surface area (Å²) in [7, 11) is 0. The highest BCUT2D eigenvalue weighted by Gasteiger charge is 2.02. The summed E-state index contributed by atoms with van der Waals surface area (Å²) in [4.78, 5) is 12.7. The number of hydrogen-bond donors (Lipinski definition) is 1. The van der Waals surface area contributed by atoms with E-state index in [2.05, 4.69) is 35.5 Å². The fourth-order valence-corrected chi connectivity index (χ4v) is 2.85. The summed E-state index contributed by atoms with van der Waals surface area (Å²) < 4.78 is 5.13. The van der Waals surface area contributed by atoms with Gasteiger partial charge in [0.15, 0.2) is 0 Å². The van der Waals surface area contributed by atoms with Crippen molar-refractivity contribution in [3.05, 3.63) is 57.8 Å². The molecule has 4 heteroatoms. The van der Waals surface area contributed by atoms with Gasteiger partial charge in [0.1, 0.15) is 6.61 Å². The van der Waals surface area contributed by atoms with Crippen LogP contribution >= 0.6 is 11.3 Å². The van der Waals surface area contributed by atoms with Gasteiger partial charge in [-0.15, -0.1) is 11.3 Å². The molecule has 1 N–H and O–H groups in total. The topological polar surface area (TPSA) is 38.3 Å². The highest BCUT2D eigenvalue weighted by atomic mass is 32.1. The highest BCUT2D eigenvalue weighted by molar-refractivity contribution is 7.10. The van der Waals surface area contributed by atoms with Gasteiger partial charge in [-0.3, -0.25) is 0 Å². The summed E-state index contributed by atoms with van der Waals surface area (Å²) in [6.45, 7) is 2.74. The number of carbonyl (C=O) groups is 1. The monoisotopic (exact) mass is 327 g/mol. The molecule has 0 bridgehead atoms. The van der Waals surface area contributed by atoms with E-state index in [9.17, 15) is 4.79 Å². The maximum absolute atomic E-state index is 11.6. The zero-order valence-corrected chi connectivity index (χ0v) is 14.1. The lowest BCUT2D eigenvalue weighted by Crippen LogP contribution is -2.24. The second-order valence-electron chi connectivity index (χ2n) is 5.10. The normalized spacial score (nSPS) is 9.78. The van der Waals surface area contributed by atoms with E-state index in [0.717, 1.165) is 16.9 Å². The first-order chi connectivity index (χ1) is 11.3. The van der Waals surface area contributed by atoms with Gasteiger partial charge in [-0.2, -0.15) is 0 Å². The first-order valence-electron chi connectivity index (χ1n) is 7.79. The molecular formula is C19H21NO2S. The third kappa shape index (κ3) is 6.17. The van der Waals surface area contributed by atoms with E-state index in [1.165, 1.54) is 18.4 Å². The van der Waals surface area contributed by atoms with Gasteiger partial charge in [-0.1, -0.05) is 55.5 Å². The Morgan fingerprint density at radius 3 is 2.87 bits per heavy atom. The highest BCUT2D eigenvalue weighted by Crippen LogP contribution is 2.17. The van der Waals surface area contributed by atoms with Gasteiger partial charge in [0.05, 0.1) is 11.4 Å². The Kier molecular flexibility index (Phi) is 7.22. The van der Waals surface area contributed by atoms with Crippen molar-refractivity contribution in [3.8, 4) is 11.8 Å². The van der Waals surface area contributed by atoms with Gasteiger partial charge >= 0.3 is 6.09 Å². The van der Waals surface area contributed by atoms with Crippen LogP contribution in [0.25, 0.3) is 0 Å². The van der Waals surface area contributed by atoms with Crippen molar-refractivity contribution in [2.45, 2.75) is 32.8 Å². The SMILES string of the molecule is CCCCc1ccsc1C#CCNC(=O)OCc1ccccc1. The Morgan fingerprint density at radius 1 is 1.26 bits per heavy atom. The molecule has 1 heterocycles. The molecule has 2 rings (SSSR count). The van der Waals surface area contributed by atoms with Crippen LogP contribution in [0.1, 0.15) is 35.8 Å². The lowest BCUT2D eigenvalue weighted by atomic mass is 10.1. The summed E-state index contributed by atoms with van der Waals surface area (Å²) in [5.41, 5.74) is 2.27. The summed E-state index contributed by atoms with van der Waals surface area (Å²) in [6.07, 6.45) is 2.98. The molecule has 1 aromatic heterocycles. The predicted molar refractivity (Wildman–Crippen MR) is 94.4 cm³/mol. The summed E-state index contributed by atoms with van der Waals surface area (Å²) >= 11 is 1.65. The number of alkyl carbamates (subject to hydrolysis) is 1. The van der Waals surface area contributed by atoms with Crippen LogP contribution in [0.5, 0.6) is 0 Å². The van der Waals surface area contributed by atoms with E-state index in [1.807, 2.05) is 30.3 Å². The second-order valence-corrected chi connectivity index (χ2v) is 6.01. The second kappa shape index (κ2) is 9.70. The Labute approximate surface area is 141 Å². The van der Waals surface area contributed by atoms with E-state index in [-0.39, 0.29) is 6.61 Å². The maximum atomic E-state index is 11.6. The van der Waals surface area contributed by atoms with Crippen molar-refractivity contribution in [1.29, 1.82) is 0 Å². The van der Waals surface area contributed by atoms with Crippen LogP contribution in [0.3, 0.4) is 0 Å². The maximum Gasteiger partial charge on any atom is 0.408 e. The van der Waals surface area contributed by atoms with Crippen LogP contribution in [-0.4, -0.2) is 12.6 Å². The van der Waals surface area contributed by atoms with Gasteiger partial charge in [-0.05, 0) is 35.4 Å². The van der Waals surface area contributed by atoms with Crippen molar-refractivity contribution < 1.29 is 9.53 Å². The van der Waals surface area contributed by atoms with E-state index < -0.39 is 6.09 Å². The van der Waals surface area contributed by atoms with E-state index >= 15 is 0 Å². The molecule has 0 aliphatic heterocycles. The molecule has 0 radical (unpaired) electrons. The largest absolute Gasteiger partial charge is 0.445 e. The van der Waals surface area contributed by atoms with Gasteiger partial charge in [0, 0.05) is 0 Å². The number of unbranched alkanes of at least 4 members (excludes halogenated alkanes) is 1. The third-order valence-electron chi connectivity index (χ3n) is 3.28. The average molecular weight is 327 g/mol. The Morgan fingerprint density at radius 2 is 2.09 bits per heavy atom. The molecule has 0 saturated carbocycles. The molecule has 0 spiro atoms. The van der Waals surface area contributed by atoms with Gasteiger partial charge in [0.2, 0.25) is 0 Å². The first-order valence-corrected chi connectivity index (χ1v) is 8.67. The number of ether oxygens (including phenoxy) is 1. The zero-order valence-electron chi connectivity index (χ0n) is 13.3. The van der Waals surface area contributed by atoms with Gasteiger partial charge in [0.25, 0.3) is 0 Å². The van der Waals surface area contributed by atoms with E-state index in [4.69, 9.17) is 4.74 Å². The number of benzene rings is 1. The molecule has 2 aromatic rings. The Bertz CT molecular complexity index is 667. The minimum atomic E-state index is -0.444. The number of nitrogens with one attached hydrogen (secondary N) is 1. The van der Waals surface area contributed by atoms with Crippen LogP contribution < -0.4 is 5.32 Å². The number of amides is 1. The number of carbonyl (C=O) groups excluding carboxylic acids is 1. The molecule has 0 fully saturated rings. The van der Waals surface area contributed by atoms with Crippen LogP contribution in [-0.2, 0) is 17.8 Å². The van der Waals surface area contributed by atoms with Crippen molar-refractivity contribution in [2.75, 3.05) is 6.54 Å². The van der Waals surface area contributed by atoms with Crippen LogP contribution in [0, 0.1) is 11.8 Å². The molecular weight excluding hydrogens is 306 g/mol. The van der Waals surface area contributed by atoms with Gasteiger partial charge in [-0.25, -0.2) is 4.79 Å². The van der Waals surface area contributed by atoms with Crippen LogP contribution in [0.4, 0.5) is 4.79 Å². The minimum Gasteiger partial charge on any atom is -0.445 e. The molecule has 1 amide bonds. The molecule has 0 unspecified atom stereocenters. The fourth-order valence-electron chi connectivity index (χ4n) is 2.02. The van der Waals surface area contributed by atoms with Crippen LogP contribution in [0.15, 0.2) is 41.8 Å². The van der Waals surface area contributed by atoms with E-state index in [0.29, 0.717) is 6.54 Å². The standard InChI is InChI=1S/C19H21NO2S/c1-2-3-10-17-12-14-23-18(17)11-7-13-20-19(21)22-15-16-8-5-4-6-9-16/h4-6,8-9,12,14H,2-3,10,13,15H2,1H3,(H,20,21). The van der Waals surface area contributed by atoms with E-state index in [1.54, 1.807) is 11.3 Å². The minimum absolute atomic E-state index is 0.270. The Hall–Kier alpha value is -2.25. The van der Waals surface area contributed by atoms with Crippen molar-refractivity contribution in [2.24, 2.45) is 0 Å². The summed E-state index contributed by atoms with van der Waals surface area (Å²) in [6, 6.07) is 11.7. The molecule has 1 aromatic carbocycles. The lowest BCUT2D eigenvalue weighted by molar-refractivity contribution is 0.141. The smallest absolute Gasteiger partial charge is 0.408 e. The first kappa shape index (κ1) is 17.1. The van der Waals surface area contributed by atoms with Crippen molar-refractivity contribution in [3.63, 3.8) is 0 Å². The van der Waals surface area contributed by atoms with Gasteiger partial charge < -0.3 is 10.1 Å².